The number of aromatic nitrogens is 1. The van der Waals surface area contributed by atoms with E-state index in [1.807, 2.05) is 30.3 Å². The molecule has 0 bridgehead atoms. The molecule has 4 nitrogen and oxygen atoms in total. The van der Waals surface area contributed by atoms with Crippen LogP contribution in [0.2, 0.25) is 5.15 Å². The molecule has 1 N–H and O–H groups in total. The minimum absolute atomic E-state index is 0.000760. The van der Waals surface area contributed by atoms with Crippen molar-refractivity contribution >= 4 is 34.6 Å². The molecule has 1 heterocycles. The van der Waals surface area contributed by atoms with Crippen LogP contribution >= 0.6 is 11.6 Å². The van der Waals surface area contributed by atoms with Crippen LogP contribution in [0.25, 0.3) is 10.9 Å². The van der Waals surface area contributed by atoms with E-state index in [1.54, 1.807) is 6.21 Å². The highest BCUT2D eigenvalue weighted by molar-refractivity contribution is 6.32. The van der Waals surface area contributed by atoms with Gasteiger partial charge >= 0.3 is 0 Å². The maximum Gasteiger partial charge on any atom is 0.243 e. The van der Waals surface area contributed by atoms with E-state index in [2.05, 4.69) is 15.5 Å². The van der Waals surface area contributed by atoms with Gasteiger partial charge in [0.1, 0.15) is 5.15 Å². The third-order valence-electron chi connectivity index (χ3n) is 4.06. The standard InChI is InChI=1S/C17H18ClN3O/c18-16-14(10-13-8-4-5-9-15(13)20-16)11-19-21-17(22)12-6-2-1-3-7-12/h4-5,8-12H,1-3,6-7H2,(H,21,22)/b19-11-. The molecule has 1 aliphatic rings. The number of pyridine rings is 1. The zero-order valence-electron chi connectivity index (χ0n) is 12.3. The Balaban J connectivity index is 1.69. The SMILES string of the molecule is O=C(N/N=C\c1cc2ccccc2nc1Cl)C1CCCCC1. The summed E-state index contributed by atoms with van der Waals surface area (Å²) < 4.78 is 0. The first-order valence-electron chi connectivity index (χ1n) is 7.62. The number of rotatable bonds is 3. The smallest absolute Gasteiger partial charge is 0.243 e. The molecule has 114 valence electrons. The average Bonchev–Trinajstić information content (AvgIpc) is 2.56. The molecule has 22 heavy (non-hydrogen) atoms. The summed E-state index contributed by atoms with van der Waals surface area (Å²) in [6.07, 6.45) is 6.96. The monoisotopic (exact) mass is 315 g/mol. The van der Waals surface area contributed by atoms with E-state index >= 15 is 0 Å². The van der Waals surface area contributed by atoms with Gasteiger partial charge in [-0.15, -0.1) is 0 Å². The predicted octanol–water partition coefficient (Wildman–Crippen LogP) is 3.92. The van der Waals surface area contributed by atoms with E-state index in [-0.39, 0.29) is 11.8 Å². The molecule has 0 radical (unpaired) electrons. The number of carbonyl (C=O) groups is 1. The fraction of sp³-hybridized carbons (Fsp3) is 0.353. The molecule has 2 aromatic rings. The second-order valence-electron chi connectivity index (χ2n) is 5.63. The van der Waals surface area contributed by atoms with Gasteiger partial charge < -0.3 is 0 Å². The van der Waals surface area contributed by atoms with Gasteiger partial charge in [-0.25, -0.2) is 10.4 Å². The Bertz CT molecular complexity index is 708. The summed E-state index contributed by atoms with van der Waals surface area (Å²) in [4.78, 5) is 16.3. The Morgan fingerprint density at radius 2 is 2.05 bits per heavy atom. The Hall–Kier alpha value is -1.94. The van der Waals surface area contributed by atoms with Crippen molar-refractivity contribution in [1.82, 2.24) is 10.4 Å². The van der Waals surface area contributed by atoms with Crippen molar-refractivity contribution < 1.29 is 4.79 Å². The maximum absolute atomic E-state index is 12.0. The summed E-state index contributed by atoms with van der Waals surface area (Å²) in [5.41, 5.74) is 4.16. The highest BCUT2D eigenvalue weighted by atomic mass is 35.5. The summed E-state index contributed by atoms with van der Waals surface area (Å²) in [5, 5.41) is 5.41. The summed E-state index contributed by atoms with van der Waals surface area (Å²) in [7, 11) is 0. The van der Waals surface area contributed by atoms with Crippen LogP contribution < -0.4 is 5.43 Å². The summed E-state index contributed by atoms with van der Waals surface area (Å²) >= 11 is 6.15. The molecule has 1 aromatic carbocycles. The molecule has 0 atom stereocenters. The lowest BCUT2D eigenvalue weighted by Gasteiger charge is -2.19. The molecule has 0 saturated heterocycles. The molecule has 3 rings (SSSR count). The quantitative estimate of drug-likeness (QED) is 0.530. The number of carbonyl (C=O) groups excluding carboxylic acids is 1. The minimum Gasteiger partial charge on any atom is -0.273 e. The molecule has 5 heteroatoms. The van der Waals surface area contributed by atoms with E-state index in [4.69, 9.17) is 11.6 Å². The van der Waals surface area contributed by atoms with Crippen LogP contribution in [0.1, 0.15) is 37.7 Å². The number of hydrogen-bond donors (Lipinski definition) is 1. The van der Waals surface area contributed by atoms with Crippen molar-refractivity contribution in [3.8, 4) is 0 Å². The van der Waals surface area contributed by atoms with Gasteiger partial charge in [0.2, 0.25) is 5.91 Å². The summed E-state index contributed by atoms with van der Waals surface area (Å²) in [5.74, 6) is 0.0944. The number of fused-ring (bicyclic) bond motifs is 1. The molecular formula is C17H18ClN3O. The number of para-hydroxylation sites is 1. The van der Waals surface area contributed by atoms with E-state index in [0.717, 1.165) is 36.6 Å². The van der Waals surface area contributed by atoms with Gasteiger partial charge in [-0.3, -0.25) is 4.79 Å². The molecular weight excluding hydrogens is 298 g/mol. The number of nitrogens with one attached hydrogen (secondary N) is 1. The van der Waals surface area contributed by atoms with Crippen LogP contribution in [0.3, 0.4) is 0 Å². The summed E-state index contributed by atoms with van der Waals surface area (Å²) in [6.45, 7) is 0. The lowest BCUT2D eigenvalue weighted by molar-refractivity contribution is -0.125. The van der Waals surface area contributed by atoms with E-state index < -0.39 is 0 Å². The normalized spacial score (nSPS) is 16.2. The number of nitrogens with zero attached hydrogens (tertiary/aromatic N) is 2. The van der Waals surface area contributed by atoms with Crippen molar-refractivity contribution in [2.24, 2.45) is 11.0 Å². The highest BCUT2D eigenvalue weighted by Crippen LogP contribution is 2.23. The molecule has 0 aliphatic heterocycles. The van der Waals surface area contributed by atoms with E-state index in [0.29, 0.717) is 10.7 Å². The predicted molar refractivity (Wildman–Crippen MR) is 89.1 cm³/mol. The summed E-state index contributed by atoms with van der Waals surface area (Å²) in [6, 6.07) is 9.66. The van der Waals surface area contributed by atoms with Crippen molar-refractivity contribution in [2.45, 2.75) is 32.1 Å². The van der Waals surface area contributed by atoms with Gasteiger partial charge in [-0.1, -0.05) is 49.1 Å². The molecule has 1 saturated carbocycles. The third-order valence-corrected chi connectivity index (χ3v) is 4.36. The van der Waals surface area contributed by atoms with Gasteiger partial charge in [0, 0.05) is 16.9 Å². The van der Waals surface area contributed by atoms with Crippen LogP contribution in [0.4, 0.5) is 0 Å². The van der Waals surface area contributed by atoms with Crippen molar-refractivity contribution in [3.05, 3.63) is 41.0 Å². The Labute approximate surface area is 134 Å². The van der Waals surface area contributed by atoms with Crippen LogP contribution in [-0.2, 0) is 4.79 Å². The zero-order valence-corrected chi connectivity index (χ0v) is 13.0. The van der Waals surface area contributed by atoms with Gasteiger partial charge in [0.25, 0.3) is 0 Å². The van der Waals surface area contributed by atoms with Crippen molar-refractivity contribution in [2.75, 3.05) is 0 Å². The largest absolute Gasteiger partial charge is 0.273 e. The Morgan fingerprint density at radius 1 is 1.27 bits per heavy atom. The van der Waals surface area contributed by atoms with E-state index in [9.17, 15) is 4.79 Å². The van der Waals surface area contributed by atoms with Crippen LogP contribution in [0.15, 0.2) is 35.4 Å². The average molecular weight is 316 g/mol. The topological polar surface area (TPSA) is 54.4 Å². The van der Waals surface area contributed by atoms with Crippen molar-refractivity contribution in [1.29, 1.82) is 0 Å². The minimum atomic E-state index is 0.000760. The maximum atomic E-state index is 12.0. The molecule has 1 fully saturated rings. The van der Waals surface area contributed by atoms with Gasteiger partial charge in [-0.05, 0) is 25.0 Å². The highest BCUT2D eigenvalue weighted by Gasteiger charge is 2.20. The van der Waals surface area contributed by atoms with Crippen molar-refractivity contribution in [3.63, 3.8) is 0 Å². The first-order chi connectivity index (χ1) is 10.7. The van der Waals surface area contributed by atoms with Crippen LogP contribution in [0.5, 0.6) is 0 Å². The fourth-order valence-electron chi connectivity index (χ4n) is 2.82. The molecule has 0 unspecified atom stereocenters. The number of hydrazone groups is 1. The van der Waals surface area contributed by atoms with E-state index in [1.165, 1.54) is 6.42 Å². The lowest BCUT2D eigenvalue weighted by Crippen LogP contribution is -2.28. The molecule has 1 amide bonds. The second kappa shape index (κ2) is 6.88. The van der Waals surface area contributed by atoms with Gasteiger partial charge in [0.05, 0.1) is 11.7 Å². The van der Waals surface area contributed by atoms with Crippen LogP contribution in [0, 0.1) is 5.92 Å². The third kappa shape index (κ3) is 3.45. The zero-order chi connectivity index (χ0) is 15.4. The van der Waals surface area contributed by atoms with Gasteiger partial charge in [-0.2, -0.15) is 5.10 Å². The van der Waals surface area contributed by atoms with Crippen LogP contribution in [-0.4, -0.2) is 17.1 Å². The number of hydrogen-bond acceptors (Lipinski definition) is 3. The first-order valence-corrected chi connectivity index (χ1v) is 8.00. The Kier molecular flexibility index (Phi) is 4.68. The fourth-order valence-corrected chi connectivity index (χ4v) is 3.02. The number of benzene rings is 1. The molecule has 1 aromatic heterocycles. The Morgan fingerprint density at radius 3 is 2.86 bits per heavy atom. The lowest BCUT2D eigenvalue weighted by atomic mass is 9.89. The molecule has 1 aliphatic carbocycles. The first kappa shape index (κ1) is 15.0. The second-order valence-corrected chi connectivity index (χ2v) is 5.99. The number of amides is 1. The number of halogens is 1. The molecule has 0 spiro atoms. The van der Waals surface area contributed by atoms with Gasteiger partial charge in [0.15, 0.2) is 0 Å².